The average molecular weight is 1070 g/mol. The van der Waals surface area contributed by atoms with Gasteiger partial charge in [0.2, 0.25) is 5.91 Å². The van der Waals surface area contributed by atoms with E-state index in [0.29, 0.717) is 12.8 Å². The minimum Gasteiger partial charge on any atom is -0.394 e. The Morgan fingerprint density at radius 2 is 0.805 bits per heavy atom. The van der Waals surface area contributed by atoms with E-state index in [2.05, 4.69) is 153 Å². The Morgan fingerprint density at radius 1 is 0.455 bits per heavy atom. The lowest BCUT2D eigenvalue weighted by molar-refractivity contribution is -0.302. The molecule has 0 radical (unpaired) electrons. The number of amides is 1. The van der Waals surface area contributed by atoms with Crippen LogP contribution in [0, 0.1) is 0 Å². The Bertz CT molecular complexity index is 1670. The Labute approximate surface area is 471 Å². The highest BCUT2D eigenvalue weighted by Crippen LogP contribution is 2.23. The van der Waals surface area contributed by atoms with Crippen LogP contribution in [0.5, 0.6) is 0 Å². The summed E-state index contributed by atoms with van der Waals surface area (Å²) in [5, 5.41) is 54.7. The van der Waals surface area contributed by atoms with Crippen molar-refractivity contribution in [1.82, 2.24) is 5.32 Å². The maximum absolute atomic E-state index is 13.1. The van der Waals surface area contributed by atoms with Crippen molar-refractivity contribution in [2.75, 3.05) is 13.2 Å². The van der Waals surface area contributed by atoms with E-state index in [4.69, 9.17) is 9.47 Å². The first-order valence-electron chi connectivity index (χ1n) is 30.9. The first kappa shape index (κ1) is 71.3. The Kier molecular flexibility index (Phi) is 51.5. The van der Waals surface area contributed by atoms with Gasteiger partial charge in [-0.25, -0.2) is 0 Å². The van der Waals surface area contributed by atoms with Crippen LogP contribution in [0.3, 0.4) is 0 Å². The summed E-state index contributed by atoms with van der Waals surface area (Å²) in [6.07, 6.45) is 77.7. The van der Waals surface area contributed by atoms with Gasteiger partial charge < -0.3 is 40.3 Å². The predicted molar refractivity (Wildman–Crippen MR) is 327 cm³/mol. The van der Waals surface area contributed by atoms with Crippen LogP contribution in [0.1, 0.15) is 232 Å². The molecule has 9 nitrogen and oxygen atoms in total. The number of hydrogen-bond donors (Lipinski definition) is 6. The summed E-state index contributed by atoms with van der Waals surface area (Å²) in [4.78, 5) is 13.1. The average Bonchev–Trinajstić information content (AvgIpc) is 3.43. The first-order chi connectivity index (χ1) is 37.8. The number of carbonyl (C=O) groups excluding carboxylic acids is 1. The fourth-order valence-electron chi connectivity index (χ4n) is 8.93. The molecule has 1 amide bonds. The number of ether oxygens (including phenoxy) is 2. The van der Waals surface area contributed by atoms with Crippen molar-refractivity contribution in [3.63, 3.8) is 0 Å². The van der Waals surface area contributed by atoms with Gasteiger partial charge in [0.15, 0.2) is 6.29 Å². The van der Waals surface area contributed by atoms with E-state index < -0.39 is 49.5 Å². The van der Waals surface area contributed by atoms with Gasteiger partial charge in [0.1, 0.15) is 24.4 Å². The summed E-state index contributed by atoms with van der Waals surface area (Å²) < 4.78 is 11.3. The zero-order valence-electron chi connectivity index (χ0n) is 48.7. The molecule has 6 N–H and O–H groups in total. The number of unbranched alkanes of at least 4 members (excludes halogenated alkanes) is 19. The van der Waals surface area contributed by atoms with Crippen molar-refractivity contribution in [1.29, 1.82) is 0 Å². The second-order valence-electron chi connectivity index (χ2n) is 20.8. The molecular formula is C68H113NO8. The predicted octanol–water partition coefficient (Wildman–Crippen LogP) is 16.1. The molecule has 0 aromatic heterocycles. The van der Waals surface area contributed by atoms with Crippen molar-refractivity contribution in [3.05, 3.63) is 134 Å². The summed E-state index contributed by atoms with van der Waals surface area (Å²) in [6.45, 7) is 3.70. The maximum Gasteiger partial charge on any atom is 0.220 e. The fraction of sp³-hybridized carbons (Fsp3) is 0.662. The van der Waals surface area contributed by atoms with Gasteiger partial charge >= 0.3 is 0 Å². The van der Waals surface area contributed by atoms with Crippen LogP contribution in [0.4, 0.5) is 0 Å². The molecule has 7 unspecified atom stereocenters. The van der Waals surface area contributed by atoms with Gasteiger partial charge in [0.05, 0.1) is 25.4 Å². The minimum atomic E-state index is -1.57. The molecule has 1 saturated heterocycles. The van der Waals surface area contributed by atoms with Crippen molar-refractivity contribution in [3.8, 4) is 0 Å². The molecule has 1 fully saturated rings. The monoisotopic (exact) mass is 1070 g/mol. The standard InChI is InChI=1S/C68H113NO8/c1-3-5-7-9-11-13-15-17-19-21-22-23-24-25-26-27-28-29-30-31-32-33-34-35-36-37-38-39-40-42-44-46-48-50-52-54-56-58-64(72)69-61(60-76-68-67(75)66(74)65(73)63(59-70)77-68)62(71)57-55-53-51-49-47-45-43-41-20-18-16-14-12-10-8-6-4-2/h5,7,11,13,17,19,22-23,25-26,28-29,31-32,34-35,37-38,40,42,46,48,61-63,65-68,70-71,73-75H,3-4,6,8-10,12,14-16,18,20-21,24,27,30,33,36,39,41,43-45,47,49-60H2,1-2H3,(H,69,72)/b7-5-,13-11-,19-17-,23-22-,26-25-,29-28-,32-31-,35-34-,38-37-,42-40-,48-46-. The highest BCUT2D eigenvalue weighted by molar-refractivity contribution is 5.76. The SMILES string of the molecule is CC/C=C\C/C=C\C/C=C\C/C=C\C/C=C\C/C=C\C/C=C\C/C=C\C/C=C\C/C=C\C/C=C\CCCCCC(=O)NC(COC1OC(CO)C(O)C(O)C1O)C(O)CCCCCCCCCCCCCCCCCCC. The van der Waals surface area contributed by atoms with Crippen LogP contribution in [0.25, 0.3) is 0 Å². The molecule has 0 aromatic carbocycles. The Hall–Kier alpha value is -3.67. The summed E-state index contributed by atoms with van der Waals surface area (Å²) in [5.41, 5.74) is 0. The Balaban J connectivity index is 2.22. The topological polar surface area (TPSA) is 149 Å². The van der Waals surface area contributed by atoms with Crippen LogP contribution in [0.15, 0.2) is 134 Å². The smallest absolute Gasteiger partial charge is 0.220 e. The van der Waals surface area contributed by atoms with Gasteiger partial charge in [-0.2, -0.15) is 0 Å². The molecule has 1 rings (SSSR count). The Morgan fingerprint density at radius 3 is 1.18 bits per heavy atom. The lowest BCUT2D eigenvalue weighted by atomic mass is 9.99. The number of aliphatic hydroxyl groups is 5. The second kappa shape index (κ2) is 55.6. The van der Waals surface area contributed by atoms with E-state index in [1.807, 2.05) is 0 Å². The number of carbonyl (C=O) groups is 1. The molecule has 0 aliphatic carbocycles. The van der Waals surface area contributed by atoms with E-state index in [1.54, 1.807) is 0 Å². The lowest BCUT2D eigenvalue weighted by Crippen LogP contribution is -2.60. The maximum atomic E-state index is 13.1. The van der Waals surface area contributed by atoms with Gasteiger partial charge in [-0.15, -0.1) is 0 Å². The van der Waals surface area contributed by atoms with Gasteiger partial charge in [0.25, 0.3) is 0 Å². The summed E-state index contributed by atoms with van der Waals surface area (Å²) in [5.74, 6) is -0.180. The normalized spacial score (nSPS) is 19.7. The molecule has 7 atom stereocenters. The van der Waals surface area contributed by atoms with Crippen molar-refractivity contribution in [2.45, 2.75) is 275 Å². The van der Waals surface area contributed by atoms with E-state index >= 15 is 0 Å². The molecular weight excluding hydrogens is 959 g/mol. The highest BCUT2D eigenvalue weighted by atomic mass is 16.7. The van der Waals surface area contributed by atoms with Crippen LogP contribution in [0.2, 0.25) is 0 Å². The molecule has 77 heavy (non-hydrogen) atoms. The van der Waals surface area contributed by atoms with Gasteiger partial charge in [-0.05, 0) is 96.3 Å². The van der Waals surface area contributed by atoms with E-state index in [9.17, 15) is 30.3 Å². The van der Waals surface area contributed by atoms with Crippen LogP contribution < -0.4 is 5.32 Å². The third kappa shape index (κ3) is 44.8. The largest absolute Gasteiger partial charge is 0.394 e. The quantitative estimate of drug-likeness (QED) is 0.0261. The fourth-order valence-corrected chi connectivity index (χ4v) is 8.93. The van der Waals surface area contributed by atoms with Crippen molar-refractivity contribution in [2.24, 2.45) is 0 Å². The van der Waals surface area contributed by atoms with Gasteiger partial charge in [-0.1, -0.05) is 263 Å². The van der Waals surface area contributed by atoms with Crippen molar-refractivity contribution < 1.29 is 39.8 Å². The molecule has 1 aliphatic rings. The van der Waals surface area contributed by atoms with Gasteiger partial charge in [-0.3, -0.25) is 4.79 Å². The molecule has 0 spiro atoms. The molecule has 438 valence electrons. The molecule has 1 aliphatic heterocycles. The number of rotatable bonds is 51. The van der Waals surface area contributed by atoms with E-state index in [1.165, 1.54) is 89.9 Å². The molecule has 0 saturated carbocycles. The van der Waals surface area contributed by atoms with Gasteiger partial charge in [0, 0.05) is 6.42 Å². The molecule has 9 heteroatoms. The number of nitrogens with one attached hydrogen (secondary N) is 1. The minimum absolute atomic E-state index is 0.160. The second-order valence-corrected chi connectivity index (χ2v) is 20.8. The summed E-state index contributed by atoms with van der Waals surface area (Å²) in [7, 11) is 0. The van der Waals surface area contributed by atoms with Crippen LogP contribution >= 0.6 is 0 Å². The van der Waals surface area contributed by atoms with Crippen LogP contribution in [-0.4, -0.2) is 87.5 Å². The molecule has 0 aromatic rings. The lowest BCUT2D eigenvalue weighted by Gasteiger charge is -2.40. The first-order valence-corrected chi connectivity index (χ1v) is 30.9. The highest BCUT2D eigenvalue weighted by Gasteiger charge is 2.44. The number of hydrogen-bond acceptors (Lipinski definition) is 8. The van der Waals surface area contributed by atoms with E-state index in [-0.39, 0.29) is 12.5 Å². The zero-order valence-corrected chi connectivity index (χ0v) is 48.7. The van der Waals surface area contributed by atoms with Crippen LogP contribution in [-0.2, 0) is 14.3 Å². The van der Waals surface area contributed by atoms with E-state index in [0.717, 1.165) is 116 Å². The third-order valence-corrected chi connectivity index (χ3v) is 13.8. The number of aliphatic hydroxyl groups excluding tert-OH is 5. The third-order valence-electron chi connectivity index (χ3n) is 13.8. The molecule has 0 bridgehead atoms. The number of allylic oxidation sites excluding steroid dienone is 22. The zero-order chi connectivity index (χ0) is 55.8. The summed E-state index contributed by atoms with van der Waals surface area (Å²) >= 11 is 0. The van der Waals surface area contributed by atoms with Crippen molar-refractivity contribution >= 4 is 5.91 Å². The molecule has 1 heterocycles. The summed E-state index contributed by atoms with van der Waals surface area (Å²) in [6, 6.07) is -0.747.